The zero-order chi connectivity index (χ0) is 21.1. The van der Waals surface area contributed by atoms with E-state index in [4.69, 9.17) is 11.5 Å². The SMILES string of the molecule is NC(=O)c1ccc(C2CCN(C(=O)C3CCCN(c4ccccn4)C3)CC2)nc1N. The first-order valence-corrected chi connectivity index (χ1v) is 10.5. The van der Waals surface area contributed by atoms with E-state index in [9.17, 15) is 9.59 Å². The molecule has 0 bridgehead atoms. The maximum absolute atomic E-state index is 13.1. The van der Waals surface area contributed by atoms with Crippen LogP contribution in [0, 0.1) is 5.92 Å². The van der Waals surface area contributed by atoms with Gasteiger partial charge >= 0.3 is 0 Å². The number of pyridine rings is 2. The van der Waals surface area contributed by atoms with Gasteiger partial charge in [-0.1, -0.05) is 6.07 Å². The van der Waals surface area contributed by atoms with E-state index in [1.165, 1.54) is 0 Å². The Morgan fingerprint density at radius 1 is 1.03 bits per heavy atom. The highest BCUT2D eigenvalue weighted by Gasteiger charge is 2.32. The van der Waals surface area contributed by atoms with Crippen LogP contribution in [0.25, 0.3) is 0 Å². The normalized spacial score (nSPS) is 20.2. The lowest BCUT2D eigenvalue weighted by atomic mass is 9.90. The van der Waals surface area contributed by atoms with Gasteiger partial charge in [-0.25, -0.2) is 9.97 Å². The second kappa shape index (κ2) is 8.69. The number of carbonyl (C=O) groups excluding carboxylic acids is 2. The molecule has 2 saturated heterocycles. The summed E-state index contributed by atoms with van der Waals surface area (Å²) in [6, 6.07) is 9.36. The smallest absolute Gasteiger partial charge is 0.252 e. The molecular formula is C22H28N6O2. The molecule has 2 amide bonds. The van der Waals surface area contributed by atoms with Crippen molar-refractivity contribution in [1.29, 1.82) is 0 Å². The molecule has 0 spiro atoms. The van der Waals surface area contributed by atoms with Gasteiger partial charge in [0, 0.05) is 44.0 Å². The van der Waals surface area contributed by atoms with Crippen LogP contribution < -0.4 is 16.4 Å². The number of rotatable bonds is 4. The Kier molecular flexibility index (Phi) is 5.83. The van der Waals surface area contributed by atoms with Crippen molar-refractivity contribution in [2.45, 2.75) is 31.6 Å². The van der Waals surface area contributed by atoms with E-state index in [2.05, 4.69) is 14.9 Å². The highest BCUT2D eigenvalue weighted by atomic mass is 16.2. The molecule has 1 unspecified atom stereocenters. The lowest BCUT2D eigenvalue weighted by molar-refractivity contribution is -0.136. The van der Waals surface area contributed by atoms with Gasteiger partial charge in [-0.3, -0.25) is 9.59 Å². The molecule has 8 nitrogen and oxygen atoms in total. The third-order valence-electron chi connectivity index (χ3n) is 6.18. The Balaban J connectivity index is 1.35. The van der Waals surface area contributed by atoms with E-state index in [1.807, 2.05) is 29.2 Å². The number of primary amides is 1. The molecule has 2 fully saturated rings. The van der Waals surface area contributed by atoms with E-state index in [1.54, 1.807) is 12.3 Å². The summed E-state index contributed by atoms with van der Waals surface area (Å²) in [7, 11) is 0. The first-order chi connectivity index (χ1) is 14.5. The number of likely N-dealkylation sites (tertiary alicyclic amines) is 1. The Labute approximate surface area is 176 Å². The van der Waals surface area contributed by atoms with Gasteiger partial charge in [0.1, 0.15) is 11.6 Å². The third kappa shape index (κ3) is 4.22. The number of hydrogen-bond donors (Lipinski definition) is 2. The summed E-state index contributed by atoms with van der Waals surface area (Å²) in [5.41, 5.74) is 12.3. The van der Waals surface area contributed by atoms with Crippen LogP contribution in [0.15, 0.2) is 36.5 Å². The monoisotopic (exact) mass is 408 g/mol. The van der Waals surface area contributed by atoms with Crippen molar-refractivity contribution in [2.75, 3.05) is 36.8 Å². The molecule has 158 valence electrons. The van der Waals surface area contributed by atoms with Crippen LogP contribution in [0.5, 0.6) is 0 Å². The minimum Gasteiger partial charge on any atom is -0.383 e. The predicted octanol–water partition coefficient (Wildman–Crippen LogP) is 1.78. The van der Waals surface area contributed by atoms with Crippen molar-refractivity contribution in [3.05, 3.63) is 47.8 Å². The minimum atomic E-state index is -0.570. The van der Waals surface area contributed by atoms with Crippen LogP contribution in [0.4, 0.5) is 11.6 Å². The molecule has 8 heteroatoms. The van der Waals surface area contributed by atoms with Crippen molar-refractivity contribution >= 4 is 23.5 Å². The molecule has 2 aromatic heterocycles. The molecule has 0 radical (unpaired) electrons. The summed E-state index contributed by atoms with van der Waals surface area (Å²) in [5.74, 6) is 1.03. The molecule has 0 saturated carbocycles. The van der Waals surface area contributed by atoms with Crippen LogP contribution in [-0.2, 0) is 4.79 Å². The fraction of sp³-hybridized carbons (Fsp3) is 0.455. The number of aromatic nitrogens is 2. The quantitative estimate of drug-likeness (QED) is 0.796. The second-order valence-electron chi connectivity index (χ2n) is 8.11. The van der Waals surface area contributed by atoms with E-state index in [-0.39, 0.29) is 29.1 Å². The van der Waals surface area contributed by atoms with Crippen molar-refractivity contribution < 1.29 is 9.59 Å². The van der Waals surface area contributed by atoms with Gasteiger partial charge in [-0.15, -0.1) is 0 Å². The zero-order valence-corrected chi connectivity index (χ0v) is 17.0. The highest BCUT2D eigenvalue weighted by molar-refractivity contribution is 5.97. The van der Waals surface area contributed by atoms with Crippen molar-refractivity contribution in [1.82, 2.24) is 14.9 Å². The van der Waals surface area contributed by atoms with E-state index >= 15 is 0 Å². The average molecular weight is 409 g/mol. The van der Waals surface area contributed by atoms with Crippen LogP contribution in [-0.4, -0.2) is 52.9 Å². The van der Waals surface area contributed by atoms with Gasteiger partial charge in [0.2, 0.25) is 5.91 Å². The summed E-state index contributed by atoms with van der Waals surface area (Å²) < 4.78 is 0. The zero-order valence-electron chi connectivity index (χ0n) is 17.0. The molecule has 2 aliphatic rings. The summed E-state index contributed by atoms with van der Waals surface area (Å²) in [6.07, 6.45) is 5.39. The molecule has 4 heterocycles. The van der Waals surface area contributed by atoms with Crippen LogP contribution in [0.1, 0.15) is 47.7 Å². The lowest BCUT2D eigenvalue weighted by Gasteiger charge is -2.38. The molecule has 0 aliphatic carbocycles. The summed E-state index contributed by atoms with van der Waals surface area (Å²) in [4.78, 5) is 37.5. The molecule has 2 aromatic rings. The molecule has 30 heavy (non-hydrogen) atoms. The van der Waals surface area contributed by atoms with Gasteiger partial charge in [-0.05, 0) is 49.9 Å². The maximum Gasteiger partial charge on any atom is 0.252 e. The Morgan fingerprint density at radius 3 is 2.50 bits per heavy atom. The van der Waals surface area contributed by atoms with E-state index in [0.29, 0.717) is 13.1 Å². The largest absolute Gasteiger partial charge is 0.383 e. The number of piperidine rings is 2. The molecular weight excluding hydrogens is 380 g/mol. The van der Waals surface area contributed by atoms with Crippen molar-refractivity contribution in [2.24, 2.45) is 11.7 Å². The van der Waals surface area contributed by atoms with Crippen molar-refractivity contribution in [3.8, 4) is 0 Å². The standard InChI is InChI=1S/C22H28N6O2/c23-20-17(21(24)29)6-7-18(26-20)15-8-12-27(13-9-15)22(30)16-4-3-11-28(14-16)19-5-1-2-10-25-19/h1-2,5-7,10,15-16H,3-4,8-9,11-14H2,(H2,23,26)(H2,24,29). The van der Waals surface area contributed by atoms with Gasteiger partial charge < -0.3 is 21.3 Å². The highest BCUT2D eigenvalue weighted by Crippen LogP contribution is 2.30. The van der Waals surface area contributed by atoms with Gasteiger partial charge in [0.15, 0.2) is 0 Å². The topological polar surface area (TPSA) is 118 Å². The Morgan fingerprint density at radius 2 is 1.83 bits per heavy atom. The Hall–Kier alpha value is -3.16. The summed E-state index contributed by atoms with van der Waals surface area (Å²) in [6.45, 7) is 3.09. The Bertz CT molecular complexity index is 911. The fourth-order valence-electron chi connectivity index (χ4n) is 4.51. The maximum atomic E-state index is 13.1. The summed E-state index contributed by atoms with van der Waals surface area (Å²) >= 11 is 0. The van der Waals surface area contributed by atoms with Crippen molar-refractivity contribution in [3.63, 3.8) is 0 Å². The predicted molar refractivity (Wildman–Crippen MR) is 115 cm³/mol. The first kappa shape index (κ1) is 20.1. The second-order valence-corrected chi connectivity index (χ2v) is 8.11. The number of nitrogens with zero attached hydrogens (tertiary/aromatic N) is 4. The number of anilines is 2. The number of nitrogen functional groups attached to an aromatic ring is 1. The lowest BCUT2D eigenvalue weighted by Crippen LogP contribution is -2.47. The van der Waals surface area contributed by atoms with Gasteiger partial charge in [0.05, 0.1) is 11.5 Å². The summed E-state index contributed by atoms with van der Waals surface area (Å²) in [5, 5.41) is 0. The van der Waals surface area contributed by atoms with E-state index in [0.717, 1.165) is 50.3 Å². The molecule has 4 N–H and O–H groups in total. The van der Waals surface area contributed by atoms with Crippen LogP contribution >= 0.6 is 0 Å². The number of amides is 2. The molecule has 4 rings (SSSR count). The van der Waals surface area contributed by atoms with Crippen LogP contribution in [0.2, 0.25) is 0 Å². The molecule has 2 aliphatic heterocycles. The number of carbonyl (C=O) groups is 2. The minimum absolute atomic E-state index is 0.0147. The molecule has 0 aromatic carbocycles. The number of nitrogens with two attached hydrogens (primary N) is 2. The van der Waals surface area contributed by atoms with E-state index < -0.39 is 5.91 Å². The van der Waals surface area contributed by atoms with Gasteiger partial charge in [-0.2, -0.15) is 0 Å². The average Bonchev–Trinajstić information content (AvgIpc) is 2.79. The first-order valence-electron chi connectivity index (χ1n) is 10.5. The van der Waals surface area contributed by atoms with Gasteiger partial charge in [0.25, 0.3) is 5.91 Å². The number of hydrogen-bond acceptors (Lipinski definition) is 6. The molecule has 1 atom stereocenters. The third-order valence-corrected chi connectivity index (χ3v) is 6.18. The van der Waals surface area contributed by atoms with Crippen LogP contribution in [0.3, 0.4) is 0 Å². The fourth-order valence-corrected chi connectivity index (χ4v) is 4.51.